The number of hydrazone groups is 1. The summed E-state index contributed by atoms with van der Waals surface area (Å²) in [7, 11) is 1.68. The van der Waals surface area contributed by atoms with E-state index in [1.165, 1.54) is 12.1 Å². The van der Waals surface area contributed by atoms with Gasteiger partial charge in [0.05, 0.1) is 5.71 Å². The van der Waals surface area contributed by atoms with E-state index >= 15 is 0 Å². The maximum absolute atomic E-state index is 9.42. The van der Waals surface area contributed by atoms with Crippen LogP contribution < -0.4 is 5.43 Å². The SMILES string of the molecule is CN/N=C(/C)c1ccc(O)cc1O. The zero-order chi connectivity index (χ0) is 9.84. The molecule has 0 spiro atoms. The third-order valence-corrected chi connectivity index (χ3v) is 1.65. The van der Waals surface area contributed by atoms with E-state index in [9.17, 15) is 5.11 Å². The first-order chi connectivity index (χ1) is 6.15. The normalized spacial score (nSPS) is 11.4. The Bertz CT molecular complexity index is 334. The molecule has 0 saturated carbocycles. The van der Waals surface area contributed by atoms with E-state index in [1.807, 2.05) is 0 Å². The van der Waals surface area contributed by atoms with Crippen molar-refractivity contribution in [3.05, 3.63) is 23.8 Å². The lowest BCUT2D eigenvalue weighted by molar-refractivity contribution is 0.450. The van der Waals surface area contributed by atoms with Gasteiger partial charge in [-0.15, -0.1) is 0 Å². The minimum atomic E-state index is 0.0245. The molecule has 1 rings (SSSR count). The lowest BCUT2D eigenvalue weighted by Gasteiger charge is -2.03. The minimum absolute atomic E-state index is 0.0245. The van der Waals surface area contributed by atoms with Crippen LogP contribution in [0.4, 0.5) is 0 Å². The number of hydrogen-bond acceptors (Lipinski definition) is 4. The first-order valence-corrected chi connectivity index (χ1v) is 3.88. The maximum Gasteiger partial charge on any atom is 0.128 e. The Balaban J connectivity index is 3.09. The number of nitrogens with zero attached hydrogens (tertiary/aromatic N) is 1. The topological polar surface area (TPSA) is 64.9 Å². The molecular formula is C9H12N2O2. The van der Waals surface area contributed by atoms with Crippen LogP contribution in [-0.2, 0) is 0 Å². The van der Waals surface area contributed by atoms with Gasteiger partial charge >= 0.3 is 0 Å². The Labute approximate surface area is 76.5 Å². The largest absolute Gasteiger partial charge is 0.508 e. The van der Waals surface area contributed by atoms with Gasteiger partial charge in [-0.25, -0.2) is 0 Å². The van der Waals surface area contributed by atoms with Crippen LogP contribution in [0.3, 0.4) is 0 Å². The van der Waals surface area contributed by atoms with Gasteiger partial charge in [0.1, 0.15) is 11.5 Å². The van der Waals surface area contributed by atoms with Gasteiger partial charge in [-0.05, 0) is 19.1 Å². The summed E-state index contributed by atoms with van der Waals surface area (Å²) < 4.78 is 0. The van der Waals surface area contributed by atoms with Crippen LogP contribution in [0.2, 0.25) is 0 Å². The van der Waals surface area contributed by atoms with Crippen molar-refractivity contribution in [2.75, 3.05) is 7.05 Å². The van der Waals surface area contributed by atoms with Gasteiger partial charge in [0.15, 0.2) is 0 Å². The van der Waals surface area contributed by atoms with Crippen LogP contribution in [0.25, 0.3) is 0 Å². The fourth-order valence-corrected chi connectivity index (χ4v) is 1.05. The molecule has 13 heavy (non-hydrogen) atoms. The summed E-state index contributed by atoms with van der Waals surface area (Å²) in [6.07, 6.45) is 0. The molecule has 4 heteroatoms. The highest BCUT2D eigenvalue weighted by Gasteiger charge is 2.04. The highest BCUT2D eigenvalue weighted by molar-refractivity contribution is 6.00. The van der Waals surface area contributed by atoms with Crippen molar-refractivity contribution in [1.82, 2.24) is 5.43 Å². The molecule has 70 valence electrons. The second-order valence-electron chi connectivity index (χ2n) is 2.62. The first kappa shape index (κ1) is 9.38. The van der Waals surface area contributed by atoms with Crippen molar-refractivity contribution < 1.29 is 10.2 Å². The predicted molar refractivity (Wildman–Crippen MR) is 51.0 cm³/mol. The molecule has 1 aromatic carbocycles. The predicted octanol–water partition coefficient (Wildman–Crippen LogP) is 1.04. The summed E-state index contributed by atoms with van der Waals surface area (Å²) in [6.45, 7) is 1.77. The summed E-state index contributed by atoms with van der Waals surface area (Å²) in [6, 6.07) is 4.40. The Morgan fingerprint density at radius 3 is 2.62 bits per heavy atom. The molecule has 0 radical (unpaired) electrons. The van der Waals surface area contributed by atoms with E-state index in [-0.39, 0.29) is 11.5 Å². The van der Waals surface area contributed by atoms with Crippen LogP contribution in [0.1, 0.15) is 12.5 Å². The zero-order valence-corrected chi connectivity index (χ0v) is 7.57. The van der Waals surface area contributed by atoms with Crippen molar-refractivity contribution >= 4 is 5.71 Å². The molecule has 0 unspecified atom stereocenters. The molecule has 0 heterocycles. The molecule has 0 aliphatic carbocycles. The molecule has 0 atom stereocenters. The van der Waals surface area contributed by atoms with Crippen LogP contribution >= 0.6 is 0 Å². The summed E-state index contributed by atoms with van der Waals surface area (Å²) in [5.41, 5.74) is 3.89. The molecule has 1 aromatic rings. The Morgan fingerprint density at radius 2 is 2.08 bits per heavy atom. The van der Waals surface area contributed by atoms with Gasteiger partial charge in [0, 0.05) is 18.7 Å². The van der Waals surface area contributed by atoms with Crippen molar-refractivity contribution in [2.24, 2.45) is 5.10 Å². The van der Waals surface area contributed by atoms with Gasteiger partial charge in [-0.1, -0.05) is 0 Å². The number of phenols is 2. The van der Waals surface area contributed by atoms with Crippen LogP contribution in [0.15, 0.2) is 23.3 Å². The van der Waals surface area contributed by atoms with Gasteiger partial charge in [0.2, 0.25) is 0 Å². The molecule has 0 bridgehead atoms. The Kier molecular flexibility index (Phi) is 2.74. The summed E-state index contributed by atoms with van der Waals surface area (Å²) in [4.78, 5) is 0. The standard InChI is InChI=1S/C9H12N2O2/c1-6(11-10-2)8-4-3-7(12)5-9(8)13/h3-5,10,12-13H,1-2H3/b11-6-. The molecule has 0 amide bonds. The number of hydrogen-bond donors (Lipinski definition) is 3. The van der Waals surface area contributed by atoms with Crippen LogP contribution in [0.5, 0.6) is 11.5 Å². The molecule has 0 aliphatic rings. The third kappa shape index (κ3) is 2.11. The van der Waals surface area contributed by atoms with Gasteiger partial charge in [-0.3, -0.25) is 0 Å². The maximum atomic E-state index is 9.42. The lowest BCUT2D eigenvalue weighted by Crippen LogP contribution is -2.03. The van der Waals surface area contributed by atoms with Crippen molar-refractivity contribution in [2.45, 2.75) is 6.92 Å². The Morgan fingerprint density at radius 1 is 1.38 bits per heavy atom. The van der Waals surface area contributed by atoms with Gasteiger partial charge in [-0.2, -0.15) is 5.10 Å². The summed E-state index contributed by atoms with van der Waals surface area (Å²) >= 11 is 0. The van der Waals surface area contributed by atoms with Crippen molar-refractivity contribution in [1.29, 1.82) is 0 Å². The number of rotatable bonds is 2. The summed E-state index contributed by atoms with van der Waals surface area (Å²) in [5.74, 6) is 0.0648. The van der Waals surface area contributed by atoms with Gasteiger partial charge in [0.25, 0.3) is 0 Å². The average molecular weight is 180 g/mol. The number of aromatic hydroxyl groups is 2. The van der Waals surface area contributed by atoms with E-state index in [1.54, 1.807) is 20.0 Å². The smallest absolute Gasteiger partial charge is 0.128 e. The van der Waals surface area contributed by atoms with Crippen molar-refractivity contribution in [3.8, 4) is 11.5 Å². The summed E-state index contributed by atoms with van der Waals surface area (Å²) in [5, 5.41) is 22.4. The first-order valence-electron chi connectivity index (χ1n) is 3.88. The molecular weight excluding hydrogens is 168 g/mol. The minimum Gasteiger partial charge on any atom is -0.508 e. The van der Waals surface area contributed by atoms with E-state index in [4.69, 9.17) is 5.11 Å². The third-order valence-electron chi connectivity index (χ3n) is 1.65. The van der Waals surface area contributed by atoms with Crippen LogP contribution in [-0.4, -0.2) is 23.0 Å². The van der Waals surface area contributed by atoms with Crippen LogP contribution in [0, 0.1) is 0 Å². The highest BCUT2D eigenvalue weighted by atomic mass is 16.3. The average Bonchev–Trinajstić information content (AvgIpc) is 2.04. The second kappa shape index (κ2) is 3.80. The number of nitrogens with one attached hydrogen (secondary N) is 1. The molecule has 0 aromatic heterocycles. The molecule has 0 aliphatic heterocycles. The lowest BCUT2D eigenvalue weighted by atomic mass is 10.1. The highest BCUT2D eigenvalue weighted by Crippen LogP contribution is 2.22. The fraction of sp³-hybridized carbons (Fsp3) is 0.222. The quantitative estimate of drug-likeness (QED) is 0.470. The fourth-order valence-electron chi connectivity index (χ4n) is 1.05. The van der Waals surface area contributed by atoms with E-state index in [0.29, 0.717) is 11.3 Å². The molecule has 0 saturated heterocycles. The molecule has 0 fully saturated rings. The van der Waals surface area contributed by atoms with Crippen molar-refractivity contribution in [3.63, 3.8) is 0 Å². The zero-order valence-electron chi connectivity index (χ0n) is 7.57. The van der Waals surface area contributed by atoms with Gasteiger partial charge < -0.3 is 15.6 Å². The van der Waals surface area contributed by atoms with E-state index < -0.39 is 0 Å². The number of benzene rings is 1. The Hall–Kier alpha value is -1.71. The molecule has 4 nitrogen and oxygen atoms in total. The second-order valence-corrected chi connectivity index (χ2v) is 2.62. The van der Waals surface area contributed by atoms with E-state index in [2.05, 4.69) is 10.5 Å². The number of phenolic OH excluding ortho intramolecular Hbond substituents is 2. The van der Waals surface area contributed by atoms with E-state index in [0.717, 1.165) is 0 Å². The monoisotopic (exact) mass is 180 g/mol. The molecule has 3 N–H and O–H groups in total.